The van der Waals surface area contributed by atoms with Gasteiger partial charge in [-0.3, -0.25) is 13.9 Å². The van der Waals surface area contributed by atoms with Gasteiger partial charge in [0.15, 0.2) is 0 Å². The Hall–Kier alpha value is -1.94. The van der Waals surface area contributed by atoms with Crippen molar-refractivity contribution in [3.63, 3.8) is 0 Å². The maximum atomic E-state index is 12.5. The second-order valence-corrected chi connectivity index (χ2v) is 8.75. The molecule has 2 heterocycles. The lowest BCUT2D eigenvalue weighted by atomic mass is 9.91. The molecule has 1 amide bonds. The molecule has 0 radical (unpaired) electrons. The van der Waals surface area contributed by atoms with Gasteiger partial charge in [-0.05, 0) is 55.5 Å². The van der Waals surface area contributed by atoms with Gasteiger partial charge in [-0.15, -0.1) is 5.10 Å². The second kappa shape index (κ2) is 8.39. The summed E-state index contributed by atoms with van der Waals surface area (Å²) in [5, 5.41) is 10.3. The third kappa shape index (κ3) is 5.29. The molecule has 9 nitrogen and oxygen atoms in total. The summed E-state index contributed by atoms with van der Waals surface area (Å²) in [4.78, 5) is 25.4. The van der Waals surface area contributed by atoms with Crippen LogP contribution in [0.3, 0.4) is 0 Å². The average Bonchev–Trinajstić information content (AvgIpc) is 2.64. The quantitative estimate of drug-likeness (QED) is 0.651. The van der Waals surface area contributed by atoms with Gasteiger partial charge in [-0.2, -0.15) is 8.42 Å². The summed E-state index contributed by atoms with van der Waals surface area (Å²) in [6, 6.07) is 0.270. The number of rotatable bonds is 6. The highest BCUT2D eigenvalue weighted by molar-refractivity contribution is 7.86. The highest BCUT2D eigenvalue weighted by atomic mass is 32.2. The topological polar surface area (TPSA) is 119 Å². The van der Waals surface area contributed by atoms with E-state index in [0.29, 0.717) is 35.5 Å². The van der Waals surface area contributed by atoms with E-state index >= 15 is 0 Å². The molecule has 1 atom stereocenters. The van der Waals surface area contributed by atoms with Crippen LogP contribution < -0.4 is 20.5 Å². The zero-order valence-electron chi connectivity index (χ0n) is 15.5. The summed E-state index contributed by atoms with van der Waals surface area (Å²) in [6.07, 6.45) is 7.11. The molecule has 0 saturated carbocycles. The summed E-state index contributed by atoms with van der Waals surface area (Å²) in [5.41, 5.74) is 1.09. The van der Waals surface area contributed by atoms with Crippen LogP contribution in [0.4, 0.5) is 0 Å². The fourth-order valence-electron chi connectivity index (χ4n) is 3.66. The van der Waals surface area contributed by atoms with Gasteiger partial charge < -0.3 is 10.6 Å². The Morgan fingerprint density at radius 2 is 2.00 bits per heavy atom. The number of hydrogen-bond donors (Lipinski definition) is 2. The van der Waals surface area contributed by atoms with Gasteiger partial charge in [0, 0.05) is 18.2 Å². The van der Waals surface area contributed by atoms with Crippen LogP contribution in [0, 0.1) is 0 Å². The fourth-order valence-corrected chi connectivity index (χ4v) is 4.02. The van der Waals surface area contributed by atoms with E-state index in [4.69, 9.17) is 4.28 Å². The number of nitrogens with zero attached hydrogens (tertiary/aromatic N) is 2. The van der Waals surface area contributed by atoms with E-state index in [9.17, 15) is 18.0 Å². The molecule has 1 aromatic rings. The Labute approximate surface area is 158 Å². The molecule has 2 aliphatic rings. The van der Waals surface area contributed by atoms with Crippen LogP contribution in [0.15, 0.2) is 4.79 Å². The summed E-state index contributed by atoms with van der Waals surface area (Å²) in [5.74, 6) is -0.202. The lowest BCUT2D eigenvalue weighted by molar-refractivity contribution is -0.120. The fraction of sp³-hybridized carbons (Fsp3) is 0.706. The third-order valence-corrected chi connectivity index (χ3v) is 5.36. The average molecular weight is 398 g/mol. The highest BCUT2D eigenvalue weighted by Crippen LogP contribution is 2.21. The minimum Gasteiger partial charge on any atom is -0.354 e. The van der Waals surface area contributed by atoms with E-state index in [1.807, 2.05) is 0 Å². The van der Waals surface area contributed by atoms with E-state index in [0.717, 1.165) is 50.5 Å². The molecule has 27 heavy (non-hydrogen) atoms. The number of hydrogen-bond acceptors (Lipinski definition) is 7. The largest absolute Gasteiger partial charge is 0.354 e. The van der Waals surface area contributed by atoms with Crippen molar-refractivity contribution in [3.05, 3.63) is 27.2 Å². The first-order valence-electron chi connectivity index (χ1n) is 9.37. The van der Waals surface area contributed by atoms with Crippen LogP contribution in [-0.4, -0.2) is 49.7 Å². The number of amides is 1. The van der Waals surface area contributed by atoms with E-state index in [1.165, 1.54) is 0 Å². The number of fused-ring (bicyclic) bond motifs is 1. The van der Waals surface area contributed by atoms with Crippen LogP contribution in [-0.2, 0) is 34.2 Å². The SMILES string of the molecule is CS(=O)(=O)On1nc(CC(=O)NCC2CCCCN2)c2c(c1=O)CCCC2. The maximum absolute atomic E-state index is 12.5. The first kappa shape index (κ1) is 19.8. The smallest absolute Gasteiger partial charge is 0.325 e. The standard InChI is InChI=1S/C17H26N4O5S/c1-27(24,25)26-21-17(23)14-8-3-2-7-13(14)15(20-21)10-16(22)19-11-12-6-4-5-9-18-12/h12,18H,2-11H2,1H3,(H,19,22). The van der Waals surface area contributed by atoms with Crippen LogP contribution in [0.1, 0.15) is 48.9 Å². The van der Waals surface area contributed by atoms with Crippen LogP contribution in [0.2, 0.25) is 0 Å². The minimum atomic E-state index is -3.90. The van der Waals surface area contributed by atoms with E-state index in [-0.39, 0.29) is 18.4 Å². The Kier molecular flexibility index (Phi) is 6.15. The lowest BCUT2D eigenvalue weighted by Gasteiger charge is -2.24. The lowest BCUT2D eigenvalue weighted by Crippen LogP contribution is -2.44. The number of nitrogens with one attached hydrogen (secondary N) is 2. The molecule has 0 spiro atoms. The van der Waals surface area contributed by atoms with Crippen molar-refractivity contribution in [1.82, 2.24) is 20.6 Å². The normalized spacial score (nSPS) is 20.0. The van der Waals surface area contributed by atoms with Crippen molar-refractivity contribution in [2.75, 3.05) is 19.3 Å². The van der Waals surface area contributed by atoms with Crippen LogP contribution in [0.5, 0.6) is 0 Å². The van der Waals surface area contributed by atoms with E-state index in [1.54, 1.807) is 0 Å². The molecule has 10 heteroatoms. The number of piperidine rings is 1. The summed E-state index contributed by atoms with van der Waals surface area (Å²) >= 11 is 0. The van der Waals surface area contributed by atoms with Crippen LogP contribution in [0.25, 0.3) is 0 Å². The van der Waals surface area contributed by atoms with Crippen molar-refractivity contribution in [3.8, 4) is 0 Å². The third-order valence-electron chi connectivity index (χ3n) is 4.95. The van der Waals surface area contributed by atoms with Crippen molar-refractivity contribution < 1.29 is 17.5 Å². The van der Waals surface area contributed by atoms with Crippen molar-refractivity contribution in [1.29, 1.82) is 0 Å². The molecule has 1 saturated heterocycles. The molecule has 1 aliphatic heterocycles. The molecule has 1 fully saturated rings. The highest BCUT2D eigenvalue weighted by Gasteiger charge is 2.24. The van der Waals surface area contributed by atoms with Gasteiger partial charge in [-0.1, -0.05) is 6.42 Å². The number of carbonyl (C=O) groups is 1. The Morgan fingerprint density at radius 1 is 1.26 bits per heavy atom. The summed E-state index contributed by atoms with van der Waals surface area (Å²) in [7, 11) is -3.90. The molecular weight excluding hydrogens is 372 g/mol. The summed E-state index contributed by atoms with van der Waals surface area (Å²) in [6.45, 7) is 1.50. The minimum absolute atomic E-state index is 0.0115. The number of aromatic nitrogens is 2. The molecule has 1 unspecified atom stereocenters. The van der Waals surface area contributed by atoms with Crippen molar-refractivity contribution in [2.24, 2.45) is 0 Å². The summed E-state index contributed by atoms with van der Waals surface area (Å²) < 4.78 is 27.5. The first-order chi connectivity index (χ1) is 12.8. The van der Waals surface area contributed by atoms with E-state index in [2.05, 4.69) is 15.7 Å². The van der Waals surface area contributed by atoms with Crippen molar-refractivity contribution in [2.45, 2.75) is 57.4 Å². The molecule has 3 rings (SSSR count). The van der Waals surface area contributed by atoms with Gasteiger partial charge in [-0.25, -0.2) is 0 Å². The maximum Gasteiger partial charge on any atom is 0.325 e. The van der Waals surface area contributed by atoms with Crippen LogP contribution >= 0.6 is 0 Å². The van der Waals surface area contributed by atoms with Gasteiger partial charge in [0.1, 0.15) is 0 Å². The molecule has 150 valence electrons. The predicted molar refractivity (Wildman–Crippen MR) is 98.9 cm³/mol. The molecule has 1 aliphatic carbocycles. The molecule has 1 aromatic heterocycles. The Balaban J connectivity index is 1.77. The van der Waals surface area contributed by atoms with Gasteiger partial charge >= 0.3 is 15.7 Å². The zero-order chi connectivity index (χ0) is 19.4. The van der Waals surface area contributed by atoms with Gasteiger partial charge in [0.05, 0.1) is 18.4 Å². The molecular formula is C17H26N4O5S. The van der Waals surface area contributed by atoms with Gasteiger partial charge in [0.2, 0.25) is 5.91 Å². The van der Waals surface area contributed by atoms with E-state index < -0.39 is 15.7 Å². The first-order valence-corrected chi connectivity index (χ1v) is 11.2. The molecule has 2 N–H and O–H groups in total. The van der Waals surface area contributed by atoms with Crippen molar-refractivity contribution >= 4 is 16.0 Å². The Bertz CT molecular complexity index is 859. The van der Waals surface area contributed by atoms with Gasteiger partial charge in [0.25, 0.3) is 0 Å². The Morgan fingerprint density at radius 3 is 2.67 bits per heavy atom. The molecule has 0 bridgehead atoms. The monoisotopic (exact) mass is 398 g/mol. The second-order valence-electron chi connectivity index (χ2n) is 7.20. The predicted octanol–water partition coefficient (Wildman–Crippen LogP) is -0.689. The molecule has 0 aromatic carbocycles. The number of carbonyl (C=O) groups excluding carboxylic acids is 1. The zero-order valence-corrected chi connectivity index (χ0v) is 16.3.